The summed E-state index contributed by atoms with van der Waals surface area (Å²) < 4.78 is 1.38. The fourth-order valence-electron chi connectivity index (χ4n) is 6.79. The molecule has 2 aromatic heterocycles. The quantitative estimate of drug-likeness (QED) is 0.0863. The molecule has 285 valence electrons. The fourth-order valence-corrected chi connectivity index (χ4v) is 8.28. The van der Waals surface area contributed by atoms with Crippen LogP contribution in [-0.2, 0) is 36.7 Å². The third-order valence-electron chi connectivity index (χ3n) is 11.1. The van der Waals surface area contributed by atoms with Crippen molar-refractivity contribution in [3.63, 3.8) is 0 Å². The van der Waals surface area contributed by atoms with Crippen LogP contribution in [0.3, 0.4) is 0 Å². The van der Waals surface area contributed by atoms with Gasteiger partial charge in [-0.3, -0.25) is 4.79 Å². The van der Waals surface area contributed by atoms with Crippen LogP contribution in [0.2, 0.25) is 0 Å². The van der Waals surface area contributed by atoms with Gasteiger partial charge in [0.15, 0.2) is 5.78 Å². The van der Waals surface area contributed by atoms with Crippen molar-refractivity contribution in [2.45, 2.75) is 128 Å². The van der Waals surface area contributed by atoms with Gasteiger partial charge in [-0.15, -0.1) is 11.3 Å². The van der Waals surface area contributed by atoms with Crippen LogP contribution >= 0.6 is 11.3 Å². The van der Waals surface area contributed by atoms with Gasteiger partial charge >= 0.3 is 0 Å². The number of aromatic nitrogens is 1. The second-order valence-electron chi connectivity index (χ2n) is 16.4. The molecule has 3 nitrogen and oxygen atoms in total. The van der Waals surface area contributed by atoms with Crippen molar-refractivity contribution in [1.82, 2.24) is 4.98 Å². The third-order valence-corrected chi connectivity index (χ3v) is 12.3. The average Bonchev–Trinajstić information content (AvgIpc) is 3.48. The molecule has 0 amide bonds. The van der Waals surface area contributed by atoms with Gasteiger partial charge in [-0.25, -0.2) is 4.98 Å². The van der Waals surface area contributed by atoms with Gasteiger partial charge in [0.1, 0.15) is 5.76 Å². The van der Waals surface area contributed by atoms with E-state index in [1.165, 1.54) is 59.5 Å². The fraction of sp³-hybridized carbons (Fsp3) is 0.468. The Morgan fingerprint density at radius 2 is 1.44 bits per heavy atom. The van der Waals surface area contributed by atoms with Gasteiger partial charge in [-0.05, 0) is 109 Å². The van der Waals surface area contributed by atoms with E-state index in [0.29, 0.717) is 5.92 Å². The van der Waals surface area contributed by atoms with Crippen LogP contribution in [-0.4, -0.2) is 15.9 Å². The molecule has 0 unspecified atom stereocenters. The number of carbonyl (C=O) groups is 1. The maximum Gasteiger partial charge on any atom is 0.164 e. The summed E-state index contributed by atoms with van der Waals surface area (Å²) in [5.41, 5.74) is 6.86. The number of aliphatic hydroxyl groups is 1. The molecule has 2 heterocycles. The predicted octanol–water partition coefficient (Wildman–Crippen LogP) is 14.5. The van der Waals surface area contributed by atoms with Gasteiger partial charge in [0, 0.05) is 62.9 Å². The van der Waals surface area contributed by atoms with E-state index in [2.05, 4.69) is 103 Å². The molecule has 0 atom stereocenters. The van der Waals surface area contributed by atoms with Crippen molar-refractivity contribution >= 4 is 48.9 Å². The molecule has 5 heteroatoms. The van der Waals surface area contributed by atoms with Crippen LogP contribution in [0.1, 0.15) is 123 Å². The Labute approximate surface area is 333 Å². The molecular formula is C47H64IrNO2S-. The topological polar surface area (TPSA) is 50.2 Å². The van der Waals surface area contributed by atoms with E-state index >= 15 is 0 Å². The summed E-state index contributed by atoms with van der Waals surface area (Å²) in [7, 11) is 0. The monoisotopic (exact) mass is 899 g/mol. The smallest absolute Gasteiger partial charge is 0.164 e. The Morgan fingerprint density at radius 1 is 0.846 bits per heavy atom. The number of aliphatic hydroxyl groups excluding tert-OH is 1. The molecule has 0 bridgehead atoms. The minimum atomic E-state index is -0.337. The standard InChI is InChI=1S/C31H33NS.C15H28O2.CH3.Ir/c1-18(2)12-23-17-25-29(32-27-14-19(3)13-20(4)28(27)30(25)33-23)22-15-21-10-8-9-11-24(21)26(16-22)31(5,6)7;1-7-14(5,8-2)12(16)11-13(17)15(6,9-3)10-4;;/h8-11,13-18H,12H2,1-7H3;11,16H,7-10H2,1-6H3;1H3;/q;;-1;/b;12-11-;;. The molecule has 0 saturated carbocycles. The van der Waals surface area contributed by atoms with E-state index in [1.807, 2.05) is 52.9 Å². The first-order valence-electron chi connectivity index (χ1n) is 18.7. The van der Waals surface area contributed by atoms with E-state index in [0.717, 1.165) is 43.3 Å². The molecule has 3 aromatic carbocycles. The maximum atomic E-state index is 12.2. The number of pyridine rings is 1. The zero-order valence-corrected chi connectivity index (χ0v) is 37.6. The predicted molar refractivity (Wildman–Crippen MR) is 226 cm³/mol. The molecule has 0 aliphatic rings. The number of hydrogen-bond donors (Lipinski definition) is 1. The number of rotatable bonds is 10. The minimum absolute atomic E-state index is 0. The average molecular weight is 899 g/mol. The number of aryl methyl sites for hydroxylation is 2. The first kappa shape index (κ1) is 45.3. The van der Waals surface area contributed by atoms with Crippen molar-refractivity contribution < 1.29 is 30.0 Å². The van der Waals surface area contributed by atoms with Gasteiger partial charge < -0.3 is 12.5 Å². The maximum absolute atomic E-state index is 12.2. The molecule has 1 radical (unpaired) electrons. The summed E-state index contributed by atoms with van der Waals surface area (Å²) >= 11 is 1.96. The number of carbonyl (C=O) groups excluding carboxylic acids is 1. The summed E-state index contributed by atoms with van der Waals surface area (Å²) in [5.74, 6) is 0.922. The van der Waals surface area contributed by atoms with E-state index in [4.69, 9.17) is 4.98 Å². The van der Waals surface area contributed by atoms with Crippen LogP contribution in [0, 0.1) is 38.0 Å². The number of fused-ring (bicyclic) bond motifs is 4. The van der Waals surface area contributed by atoms with Gasteiger partial charge in [0.2, 0.25) is 0 Å². The summed E-state index contributed by atoms with van der Waals surface area (Å²) in [4.78, 5) is 19.0. The number of nitrogens with zero attached hydrogens (tertiary/aromatic N) is 1. The number of ketones is 1. The van der Waals surface area contributed by atoms with Crippen molar-refractivity contribution in [2.24, 2.45) is 16.7 Å². The molecule has 0 aliphatic heterocycles. The number of hydrogen-bond acceptors (Lipinski definition) is 4. The van der Waals surface area contributed by atoms with Crippen molar-refractivity contribution in [3.05, 3.63) is 95.4 Å². The summed E-state index contributed by atoms with van der Waals surface area (Å²) in [6, 6.07) is 20.4. The van der Waals surface area contributed by atoms with Crippen molar-refractivity contribution in [2.75, 3.05) is 0 Å². The zero-order chi connectivity index (χ0) is 37.2. The molecule has 1 N–H and O–H groups in total. The van der Waals surface area contributed by atoms with Gasteiger partial charge in [-0.1, -0.05) is 106 Å². The van der Waals surface area contributed by atoms with Crippen LogP contribution in [0.4, 0.5) is 0 Å². The summed E-state index contributed by atoms with van der Waals surface area (Å²) in [6.45, 7) is 28.0. The molecule has 0 fully saturated rings. The zero-order valence-electron chi connectivity index (χ0n) is 34.4. The number of allylic oxidation sites excluding steroid dienone is 2. The molecule has 0 aliphatic carbocycles. The first-order chi connectivity index (χ1) is 23.4. The molecule has 0 spiro atoms. The molecular weight excluding hydrogens is 835 g/mol. The Morgan fingerprint density at radius 3 is 2.00 bits per heavy atom. The minimum Gasteiger partial charge on any atom is -0.512 e. The van der Waals surface area contributed by atoms with Crippen LogP contribution in [0.15, 0.2) is 66.4 Å². The second kappa shape index (κ2) is 18.0. The summed E-state index contributed by atoms with van der Waals surface area (Å²) in [5, 5.41) is 15.4. The number of thiophene rings is 1. The third kappa shape index (κ3) is 9.62. The molecule has 0 saturated heterocycles. The molecule has 52 heavy (non-hydrogen) atoms. The van der Waals surface area contributed by atoms with Gasteiger partial charge in [-0.2, -0.15) is 0 Å². The van der Waals surface area contributed by atoms with Crippen LogP contribution in [0.5, 0.6) is 0 Å². The molecule has 5 rings (SSSR count). The Kier molecular flexibility index (Phi) is 15.7. The second-order valence-corrected chi connectivity index (χ2v) is 17.6. The Bertz CT molecular complexity index is 2020. The van der Waals surface area contributed by atoms with E-state index in [1.54, 1.807) is 0 Å². The van der Waals surface area contributed by atoms with E-state index in [9.17, 15) is 9.90 Å². The Balaban J connectivity index is 0.000000425. The van der Waals surface area contributed by atoms with Crippen molar-refractivity contribution in [1.29, 1.82) is 0 Å². The van der Waals surface area contributed by atoms with E-state index in [-0.39, 0.29) is 55.3 Å². The Hall–Kier alpha value is -2.85. The van der Waals surface area contributed by atoms with Crippen LogP contribution < -0.4 is 0 Å². The SMILES string of the molecule is CCC(C)(CC)C(=O)/C=C(\O)C(C)(CC)CC.Cc1cc(C)c2c(c1)nc(-c1cc(C(C)(C)C)c3ccccc3c1)c1cc(CC(C)C)sc12.[CH3-].[Ir]. The van der Waals surface area contributed by atoms with Gasteiger partial charge in [0.05, 0.1) is 11.2 Å². The normalized spacial score (nSPS) is 12.5. The summed E-state index contributed by atoms with van der Waals surface area (Å²) in [6.07, 6.45) is 5.86. The molecule has 5 aromatic rings. The van der Waals surface area contributed by atoms with Gasteiger partial charge in [0.25, 0.3) is 0 Å². The van der Waals surface area contributed by atoms with E-state index < -0.39 is 0 Å². The number of benzene rings is 3. The largest absolute Gasteiger partial charge is 0.512 e. The van der Waals surface area contributed by atoms with Crippen molar-refractivity contribution in [3.8, 4) is 11.3 Å². The van der Waals surface area contributed by atoms with Crippen LogP contribution in [0.25, 0.3) is 43.0 Å². The first-order valence-corrected chi connectivity index (χ1v) is 19.6.